The zero-order chi connectivity index (χ0) is 12.3. The number of aromatic hydroxyl groups is 1. The van der Waals surface area contributed by atoms with Crippen molar-refractivity contribution in [3.63, 3.8) is 0 Å². The summed E-state index contributed by atoms with van der Waals surface area (Å²) in [5, 5.41) is 25.6. The predicted octanol–water partition coefficient (Wildman–Crippen LogP) is 0.990. The molecule has 0 aliphatic heterocycles. The predicted molar refractivity (Wildman–Crippen MR) is 59.0 cm³/mol. The van der Waals surface area contributed by atoms with Gasteiger partial charge in [-0.2, -0.15) is 0 Å². The highest BCUT2D eigenvalue weighted by Gasteiger charge is 2.08. The van der Waals surface area contributed by atoms with E-state index in [-0.39, 0.29) is 12.2 Å². The number of carbonyl (C=O) groups is 1. The standard InChI is InChI=1S/C11H11N3O3/c15-10-3-1-2-8(6-10)14-9(7-12-13-14)4-5-11(16)17/h1-3,6-7,15H,4-5H2,(H,16,17). The molecular formula is C11H11N3O3. The van der Waals surface area contributed by atoms with Crippen molar-refractivity contribution in [3.8, 4) is 11.4 Å². The van der Waals surface area contributed by atoms with E-state index in [4.69, 9.17) is 5.11 Å². The van der Waals surface area contributed by atoms with Gasteiger partial charge in [0.1, 0.15) is 5.75 Å². The number of aryl methyl sites for hydroxylation is 1. The fraction of sp³-hybridized carbons (Fsp3) is 0.182. The number of hydrogen-bond acceptors (Lipinski definition) is 4. The Morgan fingerprint density at radius 1 is 1.41 bits per heavy atom. The van der Waals surface area contributed by atoms with Crippen LogP contribution in [0.5, 0.6) is 5.75 Å². The topological polar surface area (TPSA) is 88.2 Å². The molecule has 0 bridgehead atoms. The summed E-state index contributed by atoms with van der Waals surface area (Å²) in [6, 6.07) is 6.54. The quantitative estimate of drug-likeness (QED) is 0.822. The molecule has 6 nitrogen and oxygen atoms in total. The highest BCUT2D eigenvalue weighted by Crippen LogP contribution is 2.16. The monoisotopic (exact) mass is 233 g/mol. The molecule has 2 aromatic rings. The van der Waals surface area contributed by atoms with Crippen LogP contribution in [-0.4, -0.2) is 31.2 Å². The first kappa shape index (κ1) is 11.1. The molecule has 0 unspecified atom stereocenters. The van der Waals surface area contributed by atoms with Crippen LogP contribution in [0.3, 0.4) is 0 Å². The molecule has 0 spiro atoms. The molecule has 6 heteroatoms. The van der Waals surface area contributed by atoms with Crippen molar-refractivity contribution >= 4 is 5.97 Å². The van der Waals surface area contributed by atoms with Crippen molar-refractivity contribution < 1.29 is 15.0 Å². The maximum absolute atomic E-state index is 10.5. The first-order valence-electron chi connectivity index (χ1n) is 5.07. The molecule has 0 atom stereocenters. The average Bonchev–Trinajstić information content (AvgIpc) is 2.74. The minimum absolute atomic E-state index is 0.0200. The lowest BCUT2D eigenvalue weighted by Crippen LogP contribution is -2.05. The van der Waals surface area contributed by atoms with Gasteiger partial charge in [0, 0.05) is 12.5 Å². The zero-order valence-electron chi connectivity index (χ0n) is 8.95. The summed E-state index contributed by atoms with van der Waals surface area (Å²) in [5.74, 6) is -0.740. The summed E-state index contributed by atoms with van der Waals surface area (Å²) in [4.78, 5) is 10.5. The van der Waals surface area contributed by atoms with Gasteiger partial charge in [-0.25, -0.2) is 4.68 Å². The molecular weight excluding hydrogens is 222 g/mol. The summed E-state index contributed by atoms with van der Waals surface area (Å²) in [6.45, 7) is 0. The SMILES string of the molecule is O=C(O)CCc1cnnn1-c1cccc(O)c1. The molecule has 17 heavy (non-hydrogen) atoms. The number of benzene rings is 1. The summed E-state index contributed by atoms with van der Waals surface area (Å²) in [7, 11) is 0. The van der Waals surface area contributed by atoms with Gasteiger partial charge in [0.15, 0.2) is 0 Å². The van der Waals surface area contributed by atoms with E-state index < -0.39 is 5.97 Å². The van der Waals surface area contributed by atoms with E-state index in [2.05, 4.69) is 10.3 Å². The Labute approximate surface area is 97.1 Å². The van der Waals surface area contributed by atoms with E-state index in [9.17, 15) is 9.90 Å². The van der Waals surface area contributed by atoms with E-state index in [0.717, 1.165) is 0 Å². The molecule has 1 heterocycles. The van der Waals surface area contributed by atoms with Gasteiger partial charge in [-0.1, -0.05) is 11.3 Å². The fourth-order valence-corrected chi connectivity index (χ4v) is 1.50. The van der Waals surface area contributed by atoms with Crippen molar-refractivity contribution in [2.45, 2.75) is 12.8 Å². The Morgan fingerprint density at radius 2 is 2.24 bits per heavy atom. The molecule has 2 rings (SSSR count). The molecule has 0 saturated carbocycles. The van der Waals surface area contributed by atoms with Crippen LogP contribution in [0.4, 0.5) is 0 Å². The number of carboxylic acid groups (broad SMARTS) is 1. The Kier molecular flexibility index (Phi) is 3.04. The lowest BCUT2D eigenvalue weighted by atomic mass is 10.2. The van der Waals surface area contributed by atoms with Gasteiger partial charge in [-0.15, -0.1) is 5.10 Å². The Hall–Kier alpha value is -2.37. The number of nitrogens with zero attached hydrogens (tertiary/aromatic N) is 3. The Morgan fingerprint density at radius 3 is 2.94 bits per heavy atom. The molecule has 0 aliphatic rings. The summed E-state index contributed by atoms with van der Waals surface area (Å²) < 4.78 is 1.52. The second-order valence-electron chi connectivity index (χ2n) is 3.55. The van der Waals surface area contributed by atoms with Gasteiger partial charge < -0.3 is 10.2 Å². The van der Waals surface area contributed by atoms with Gasteiger partial charge in [0.2, 0.25) is 0 Å². The van der Waals surface area contributed by atoms with Crippen molar-refractivity contribution in [1.82, 2.24) is 15.0 Å². The molecule has 1 aromatic heterocycles. The second-order valence-corrected chi connectivity index (χ2v) is 3.55. The van der Waals surface area contributed by atoms with Crippen LogP contribution in [0, 0.1) is 0 Å². The number of hydrogen-bond donors (Lipinski definition) is 2. The molecule has 88 valence electrons. The smallest absolute Gasteiger partial charge is 0.303 e. The highest BCUT2D eigenvalue weighted by molar-refractivity contribution is 5.67. The van der Waals surface area contributed by atoms with Crippen LogP contribution in [-0.2, 0) is 11.2 Å². The van der Waals surface area contributed by atoms with Crippen molar-refractivity contribution in [1.29, 1.82) is 0 Å². The number of phenolic OH excluding ortho intramolecular Hbond substituents is 1. The van der Waals surface area contributed by atoms with E-state index in [0.29, 0.717) is 17.8 Å². The van der Waals surface area contributed by atoms with Crippen molar-refractivity contribution in [3.05, 3.63) is 36.2 Å². The normalized spacial score (nSPS) is 10.4. The summed E-state index contributed by atoms with van der Waals surface area (Å²) in [6.07, 6.45) is 1.89. The van der Waals surface area contributed by atoms with E-state index >= 15 is 0 Å². The minimum Gasteiger partial charge on any atom is -0.508 e. The van der Waals surface area contributed by atoms with Gasteiger partial charge >= 0.3 is 5.97 Å². The third kappa shape index (κ3) is 2.60. The van der Waals surface area contributed by atoms with Gasteiger partial charge in [-0.05, 0) is 12.1 Å². The molecule has 1 aromatic carbocycles. The van der Waals surface area contributed by atoms with Crippen LogP contribution >= 0.6 is 0 Å². The van der Waals surface area contributed by atoms with Gasteiger partial charge in [-0.3, -0.25) is 4.79 Å². The number of aromatic nitrogens is 3. The number of carboxylic acids is 1. The van der Waals surface area contributed by atoms with Crippen molar-refractivity contribution in [2.24, 2.45) is 0 Å². The highest BCUT2D eigenvalue weighted by atomic mass is 16.4. The fourth-order valence-electron chi connectivity index (χ4n) is 1.50. The Bertz CT molecular complexity index is 536. The number of rotatable bonds is 4. The van der Waals surface area contributed by atoms with Crippen LogP contribution < -0.4 is 0 Å². The molecule has 0 saturated heterocycles. The molecule has 0 radical (unpaired) electrons. The van der Waals surface area contributed by atoms with Crippen LogP contribution in [0.15, 0.2) is 30.5 Å². The first-order valence-corrected chi connectivity index (χ1v) is 5.07. The molecule has 0 amide bonds. The second kappa shape index (κ2) is 4.65. The zero-order valence-corrected chi connectivity index (χ0v) is 8.95. The number of aliphatic carboxylic acids is 1. The Balaban J connectivity index is 2.27. The summed E-state index contributed by atoms with van der Waals surface area (Å²) in [5.41, 5.74) is 1.35. The average molecular weight is 233 g/mol. The largest absolute Gasteiger partial charge is 0.508 e. The lowest BCUT2D eigenvalue weighted by molar-refractivity contribution is -0.136. The maximum Gasteiger partial charge on any atom is 0.303 e. The van der Waals surface area contributed by atoms with Crippen LogP contribution in [0.25, 0.3) is 5.69 Å². The van der Waals surface area contributed by atoms with Gasteiger partial charge in [0.25, 0.3) is 0 Å². The third-order valence-electron chi connectivity index (χ3n) is 2.29. The van der Waals surface area contributed by atoms with E-state index in [1.165, 1.54) is 10.9 Å². The maximum atomic E-state index is 10.5. The number of phenols is 1. The van der Waals surface area contributed by atoms with Crippen molar-refractivity contribution in [2.75, 3.05) is 0 Å². The van der Waals surface area contributed by atoms with E-state index in [1.54, 1.807) is 24.3 Å². The first-order chi connectivity index (χ1) is 8.16. The summed E-state index contributed by atoms with van der Waals surface area (Å²) >= 11 is 0. The third-order valence-corrected chi connectivity index (χ3v) is 2.29. The lowest BCUT2D eigenvalue weighted by Gasteiger charge is -2.05. The van der Waals surface area contributed by atoms with Crippen LogP contribution in [0.1, 0.15) is 12.1 Å². The molecule has 0 fully saturated rings. The van der Waals surface area contributed by atoms with Crippen LogP contribution in [0.2, 0.25) is 0 Å². The minimum atomic E-state index is -0.867. The molecule has 0 aliphatic carbocycles. The van der Waals surface area contributed by atoms with E-state index in [1.807, 2.05) is 0 Å². The van der Waals surface area contributed by atoms with Gasteiger partial charge in [0.05, 0.1) is 24.0 Å². The molecule has 2 N–H and O–H groups in total.